The number of hydrogen-bond acceptors (Lipinski definition) is 2. The second kappa shape index (κ2) is 3.97. The van der Waals surface area contributed by atoms with Gasteiger partial charge in [-0.1, -0.05) is 34.1 Å². The van der Waals surface area contributed by atoms with Crippen LogP contribution in [-0.4, -0.2) is 4.98 Å². The van der Waals surface area contributed by atoms with Gasteiger partial charge in [-0.05, 0) is 25.8 Å². The Morgan fingerprint density at radius 2 is 2.06 bits per heavy atom. The molecule has 0 N–H and O–H groups in total. The van der Waals surface area contributed by atoms with Crippen molar-refractivity contribution in [2.45, 2.75) is 25.7 Å². The molecule has 1 fully saturated rings. The van der Waals surface area contributed by atoms with Crippen molar-refractivity contribution in [1.29, 1.82) is 0 Å². The number of hydrogen-bond donors (Lipinski definition) is 0. The summed E-state index contributed by atoms with van der Waals surface area (Å²) in [5.41, 5.74) is 2.36. The fraction of sp³-hybridized carbons (Fsp3) is 0.308. The molecular weight excluding hydrogens is 282 g/mol. The van der Waals surface area contributed by atoms with Gasteiger partial charge in [-0.3, -0.25) is 0 Å². The highest BCUT2D eigenvalue weighted by molar-refractivity contribution is 9.10. The lowest BCUT2D eigenvalue weighted by molar-refractivity contribution is 1.08. The summed E-state index contributed by atoms with van der Waals surface area (Å²) in [5.74, 6) is 0.750. The van der Waals surface area contributed by atoms with E-state index in [4.69, 9.17) is 4.98 Å². The van der Waals surface area contributed by atoms with Gasteiger partial charge >= 0.3 is 0 Å². The molecule has 0 saturated heterocycles. The highest BCUT2D eigenvalue weighted by atomic mass is 79.9. The summed E-state index contributed by atoms with van der Waals surface area (Å²) in [6.45, 7) is 2.16. The van der Waals surface area contributed by atoms with E-state index in [1.165, 1.54) is 28.3 Å². The van der Waals surface area contributed by atoms with Gasteiger partial charge in [0, 0.05) is 20.8 Å². The highest BCUT2D eigenvalue weighted by Gasteiger charge is 2.28. The van der Waals surface area contributed by atoms with E-state index in [9.17, 15) is 0 Å². The monoisotopic (exact) mass is 293 g/mol. The lowest BCUT2D eigenvalue weighted by Gasteiger charge is -2.01. The van der Waals surface area contributed by atoms with Crippen LogP contribution in [0.5, 0.6) is 0 Å². The van der Waals surface area contributed by atoms with Crippen LogP contribution in [0.1, 0.15) is 28.6 Å². The van der Waals surface area contributed by atoms with Crippen LogP contribution in [-0.2, 0) is 0 Å². The largest absolute Gasteiger partial charge is 0.241 e. The van der Waals surface area contributed by atoms with Crippen molar-refractivity contribution in [3.05, 3.63) is 38.6 Å². The molecule has 1 heterocycles. The van der Waals surface area contributed by atoms with Gasteiger partial charge in [0.05, 0.1) is 10.7 Å². The van der Waals surface area contributed by atoms with E-state index in [1.807, 2.05) is 17.4 Å². The first-order valence-electron chi connectivity index (χ1n) is 5.48. The van der Waals surface area contributed by atoms with E-state index in [2.05, 4.69) is 41.1 Å². The van der Waals surface area contributed by atoms with E-state index in [0.29, 0.717) is 0 Å². The lowest BCUT2D eigenvalue weighted by Crippen LogP contribution is -1.83. The molecule has 0 unspecified atom stereocenters. The zero-order valence-corrected chi connectivity index (χ0v) is 11.4. The third kappa shape index (κ3) is 1.82. The standard InChI is InChI=1S/C13H12BrNS/c1-8-12(10-4-2-3-5-11(10)14)15-13(16-8)9-6-7-9/h2-5,9H,6-7H2,1H3. The number of aryl methyl sites for hydroxylation is 1. The average molecular weight is 294 g/mol. The van der Waals surface area contributed by atoms with Gasteiger partial charge in [0.1, 0.15) is 0 Å². The Bertz CT molecular complexity index is 528. The molecule has 0 radical (unpaired) electrons. The molecule has 0 bridgehead atoms. The van der Waals surface area contributed by atoms with E-state index in [1.54, 1.807) is 0 Å². The summed E-state index contributed by atoms with van der Waals surface area (Å²) in [7, 11) is 0. The second-order valence-electron chi connectivity index (χ2n) is 4.21. The van der Waals surface area contributed by atoms with E-state index < -0.39 is 0 Å². The zero-order chi connectivity index (χ0) is 11.1. The first-order chi connectivity index (χ1) is 7.75. The van der Waals surface area contributed by atoms with E-state index in [-0.39, 0.29) is 0 Å². The Balaban J connectivity index is 2.08. The molecular formula is C13H12BrNS. The number of halogens is 1. The summed E-state index contributed by atoms with van der Waals surface area (Å²) >= 11 is 5.45. The van der Waals surface area contributed by atoms with Crippen molar-refractivity contribution in [1.82, 2.24) is 4.98 Å². The van der Waals surface area contributed by atoms with Gasteiger partial charge in [-0.25, -0.2) is 4.98 Å². The van der Waals surface area contributed by atoms with Crippen molar-refractivity contribution in [2.75, 3.05) is 0 Å². The summed E-state index contributed by atoms with van der Waals surface area (Å²) in [6, 6.07) is 8.31. The molecule has 1 aromatic carbocycles. The molecule has 1 aromatic heterocycles. The smallest absolute Gasteiger partial charge is 0.0966 e. The van der Waals surface area contributed by atoms with Crippen LogP contribution in [0.4, 0.5) is 0 Å². The molecule has 1 nitrogen and oxygen atoms in total. The summed E-state index contributed by atoms with van der Waals surface area (Å²) < 4.78 is 1.13. The molecule has 1 aliphatic carbocycles. The number of thiazole rings is 1. The molecule has 1 saturated carbocycles. The van der Waals surface area contributed by atoms with Crippen molar-refractivity contribution in [3.8, 4) is 11.3 Å². The minimum Gasteiger partial charge on any atom is -0.241 e. The number of nitrogens with zero attached hydrogens (tertiary/aromatic N) is 1. The summed E-state index contributed by atoms with van der Waals surface area (Å²) in [5, 5.41) is 1.32. The third-order valence-corrected chi connectivity index (χ3v) is 4.69. The molecule has 82 valence electrons. The van der Waals surface area contributed by atoms with Crippen molar-refractivity contribution >= 4 is 27.3 Å². The van der Waals surface area contributed by atoms with Gasteiger partial charge < -0.3 is 0 Å². The number of benzene rings is 1. The fourth-order valence-corrected chi connectivity index (χ4v) is 3.40. The first-order valence-corrected chi connectivity index (χ1v) is 7.09. The van der Waals surface area contributed by atoms with Crippen LogP contribution in [0.2, 0.25) is 0 Å². The predicted molar refractivity (Wildman–Crippen MR) is 72.0 cm³/mol. The van der Waals surface area contributed by atoms with Crippen LogP contribution in [0.15, 0.2) is 28.7 Å². The number of rotatable bonds is 2. The summed E-state index contributed by atoms with van der Waals surface area (Å²) in [4.78, 5) is 6.12. The molecule has 0 aliphatic heterocycles. The van der Waals surface area contributed by atoms with Crippen molar-refractivity contribution in [2.24, 2.45) is 0 Å². The molecule has 0 amide bonds. The quantitative estimate of drug-likeness (QED) is 0.778. The van der Waals surface area contributed by atoms with Crippen LogP contribution in [0.25, 0.3) is 11.3 Å². The molecule has 3 heteroatoms. The normalized spacial score (nSPS) is 15.4. The second-order valence-corrected chi connectivity index (χ2v) is 6.30. The molecule has 3 rings (SSSR count). The van der Waals surface area contributed by atoms with Crippen molar-refractivity contribution < 1.29 is 0 Å². The molecule has 0 atom stereocenters. The third-order valence-electron chi connectivity index (χ3n) is 2.87. The van der Waals surface area contributed by atoms with Gasteiger partial charge in [0.15, 0.2) is 0 Å². The van der Waals surface area contributed by atoms with Gasteiger partial charge in [-0.15, -0.1) is 11.3 Å². The summed E-state index contributed by atoms with van der Waals surface area (Å²) in [6.07, 6.45) is 2.64. The zero-order valence-electron chi connectivity index (χ0n) is 9.03. The maximum atomic E-state index is 4.79. The maximum absolute atomic E-state index is 4.79. The highest BCUT2D eigenvalue weighted by Crippen LogP contribution is 2.44. The van der Waals surface area contributed by atoms with Gasteiger partial charge in [0.25, 0.3) is 0 Å². The van der Waals surface area contributed by atoms with Gasteiger partial charge in [0.2, 0.25) is 0 Å². The molecule has 2 aromatic rings. The topological polar surface area (TPSA) is 12.9 Å². The Morgan fingerprint density at radius 3 is 2.75 bits per heavy atom. The maximum Gasteiger partial charge on any atom is 0.0966 e. The SMILES string of the molecule is Cc1sc(C2CC2)nc1-c1ccccc1Br. The van der Waals surface area contributed by atoms with Crippen LogP contribution >= 0.6 is 27.3 Å². The fourth-order valence-electron chi connectivity index (χ4n) is 1.82. The van der Waals surface area contributed by atoms with Crippen LogP contribution in [0, 0.1) is 6.92 Å². The molecule has 1 aliphatic rings. The van der Waals surface area contributed by atoms with Crippen molar-refractivity contribution in [3.63, 3.8) is 0 Å². The molecule has 16 heavy (non-hydrogen) atoms. The first kappa shape index (κ1) is 10.5. The molecule has 0 spiro atoms. The Labute approximate surface area is 108 Å². The Morgan fingerprint density at radius 1 is 1.31 bits per heavy atom. The minimum absolute atomic E-state index is 0.750. The van der Waals surface area contributed by atoms with E-state index in [0.717, 1.165) is 16.1 Å². The Hall–Kier alpha value is -0.670. The van der Waals surface area contributed by atoms with Crippen LogP contribution < -0.4 is 0 Å². The minimum atomic E-state index is 0.750. The van der Waals surface area contributed by atoms with E-state index >= 15 is 0 Å². The van der Waals surface area contributed by atoms with Crippen LogP contribution in [0.3, 0.4) is 0 Å². The Kier molecular flexibility index (Phi) is 2.60. The number of aromatic nitrogens is 1. The average Bonchev–Trinajstić information content (AvgIpc) is 3.04. The lowest BCUT2D eigenvalue weighted by atomic mass is 10.1. The van der Waals surface area contributed by atoms with Gasteiger partial charge in [-0.2, -0.15) is 0 Å². The predicted octanol–water partition coefficient (Wildman–Crippen LogP) is 4.76.